The lowest BCUT2D eigenvalue weighted by Gasteiger charge is -2.31. The number of aliphatic hydroxyl groups is 3. The smallest absolute Gasteiger partial charge is 0.326 e. The van der Waals surface area contributed by atoms with E-state index in [9.17, 15) is 122 Å². The zero-order chi connectivity index (χ0) is 93.7. The first-order valence-electron chi connectivity index (χ1n) is 40.2. The predicted molar refractivity (Wildman–Crippen MR) is 439 cm³/mol. The molecule has 0 spiro atoms. The Bertz CT molecular complexity index is 4080. The molecule has 3 rings (SSSR count). The third-order valence-corrected chi connectivity index (χ3v) is 19.5. The van der Waals surface area contributed by atoms with Gasteiger partial charge in [0.2, 0.25) is 100 Å². The predicted octanol–water partition coefficient (Wildman–Crippen LogP) is -8.45. The Hall–Kier alpha value is -12.7. The number of aromatic hydroxyl groups is 1. The molecule has 0 radical (unpaired) electrons. The van der Waals surface area contributed by atoms with Crippen molar-refractivity contribution in [2.24, 2.45) is 46.4 Å². The SMILES string of the molecule is CC(C)C[C@H](NC(=O)[C@@H](NC(=O)[C@@H](NC(=O)[C@H](CCC(N)=O)NC(=O)[C@H](CC(N)=O)NC(=O)[C@@H](NC(=O)[C@H](CCC(=O)O)NC(=O)[C@@H]1CCCN1C(=O)[C@@H](NC(=O)CNC(=O)[C@@H](NC(=O)[C@@H](N)Cc1ccccc1)C(C)C)[C@@H](C)O)C(C)C)[C@@H](C)O)[C@@H](C)O)C(=O)N[C@@H](Cc1ccc(O)cc1)C(=O)N[C@@H](CCC(N)=O)C(=O)N[C@@H](CCCNC(=N)N)C(=O)O. The van der Waals surface area contributed by atoms with Crippen molar-refractivity contribution in [1.29, 1.82) is 5.41 Å². The molecule has 0 saturated carbocycles. The van der Waals surface area contributed by atoms with Gasteiger partial charge in [-0.3, -0.25) is 91.7 Å². The summed E-state index contributed by atoms with van der Waals surface area (Å²) in [4.78, 5) is 259. The number of rotatable bonds is 54. The summed E-state index contributed by atoms with van der Waals surface area (Å²) in [5.74, 6) is -24.3. The van der Waals surface area contributed by atoms with Crippen LogP contribution in [0.3, 0.4) is 0 Å². The van der Waals surface area contributed by atoms with Gasteiger partial charge in [0.15, 0.2) is 5.96 Å². The second-order valence-corrected chi connectivity index (χ2v) is 31.3. The van der Waals surface area contributed by atoms with Crippen LogP contribution in [0.4, 0.5) is 0 Å². The number of likely N-dealkylation sites (tertiary alicyclic amines) is 1. The number of guanidine groups is 1. The lowest BCUT2D eigenvalue weighted by molar-refractivity contribution is -0.144. The molecule has 0 aliphatic carbocycles. The molecule has 688 valence electrons. The molecule has 31 N–H and O–H groups in total. The number of nitrogens with two attached hydrogens (primary N) is 5. The van der Waals surface area contributed by atoms with Crippen LogP contribution in [0.1, 0.15) is 150 Å². The normalized spacial score (nSPS) is 16.3. The second-order valence-electron chi connectivity index (χ2n) is 31.3. The van der Waals surface area contributed by atoms with Gasteiger partial charge in [0.05, 0.1) is 37.3 Å². The van der Waals surface area contributed by atoms with E-state index in [0.29, 0.717) is 5.56 Å². The Labute approximate surface area is 714 Å². The number of hydrogen-bond acceptors (Lipinski definition) is 25. The first kappa shape index (κ1) is 105. The van der Waals surface area contributed by atoms with Crippen LogP contribution in [0.2, 0.25) is 0 Å². The van der Waals surface area contributed by atoms with E-state index in [-0.39, 0.29) is 63.8 Å². The van der Waals surface area contributed by atoms with E-state index in [2.05, 4.69) is 74.4 Å². The maximum Gasteiger partial charge on any atom is 0.326 e. The summed E-state index contributed by atoms with van der Waals surface area (Å²) in [6, 6.07) is -9.54. The van der Waals surface area contributed by atoms with Crippen LogP contribution in [-0.4, -0.2) is 276 Å². The van der Waals surface area contributed by atoms with Crippen LogP contribution in [0.5, 0.6) is 5.75 Å². The Kier molecular flexibility index (Phi) is 44.2. The van der Waals surface area contributed by atoms with E-state index < -0.39 is 290 Å². The fourth-order valence-corrected chi connectivity index (χ4v) is 12.7. The van der Waals surface area contributed by atoms with E-state index in [1.54, 1.807) is 58.0 Å². The molecule has 2 aromatic carbocycles. The molecular weight excluding hydrogens is 1630 g/mol. The number of phenols is 1. The summed E-state index contributed by atoms with van der Waals surface area (Å²) in [5.41, 5.74) is 28.8. The molecular formula is C78H121N21O25. The number of nitrogens with one attached hydrogen (secondary N) is 15. The summed E-state index contributed by atoms with van der Waals surface area (Å²) in [5, 5.41) is 103. The van der Waals surface area contributed by atoms with Gasteiger partial charge in [0.1, 0.15) is 84.3 Å². The molecule has 1 saturated heterocycles. The molecule has 0 aromatic heterocycles. The summed E-state index contributed by atoms with van der Waals surface area (Å²) in [6.45, 7) is 11.6. The standard InChI is InChI=1S/C78H121N21O25/c1-36(2)31-50(68(114)91-51(33-43-19-21-44(103)22-20-43)69(115)87-46(23-26-54(80)104)65(111)90-49(77(123)124)17-13-29-85-78(83)84)92-74(120)61(39(7)100)98-75(121)62(40(8)101)97-67(113)47(24-27-55(81)105)88-70(116)52(34-56(82)106)93-73(119)60(38(5)6)96-66(112)48(25-28-58(108)109)89-71(117)53-18-14-30-99(53)76(122)63(41(9)102)94-57(107)35-86-72(118)59(37(3)4)95-64(110)45(79)32-42-15-11-10-12-16-42/h10-12,15-16,19-22,36-41,45-53,59-63,100-103H,13-14,17-18,23-35,79H2,1-9H3,(H2,80,104)(H2,81,105)(H2,82,106)(H,86,118)(H,87,115)(H,88,116)(H,89,117)(H,90,111)(H,91,114)(H,92,120)(H,93,119)(H,94,107)(H,95,110)(H,96,112)(H,97,113)(H,98,121)(H,108,109)(H,123,124)(H4,83,84,85)/t39-,40-,41-,45+,46+,47+,48+,49+,50+,51+,52+,53+,59+,60+,61+,62+,63+/m1/s1. The van der Waals surface area contributed by atoms with Gasteiger partial charge in [-0.05, 0) is 120 Å². The molecule has 0 unspecified atom stereocenters. The van der Waals surface area contributed by atoms with Crippen molar-refractivity contribution in [3.63, 3.8) is 0 Å². The van der Waals surface area contributed by atoms with Crippen LogP contribution < -0.4 is 103 Å². The lowest BCUT2D eigenvalue weighted by Crippen LogP contribution is -2.63. The molecule has 1 aliphatic heterocycles. The number of nitrogens with zero attached hydrogens (tertiary/aromatic N) is 1. The third-order valence-electron chi connectivity index (χ3n) is 19.5. The van der Waals surface area contributed by atoms with Crippen LogP contribution in [-0.2, 0) is 104 Å². The molecule has 1 aliphatic rings. The number of carbonyl (C=O) groups is 19. The number of phenolic OH excluding ortho intramolecular Hbond substituents is 1. The van der Waals surface area contributed by atoms with E-state index in [4.69, 9.17) is 34.1 Å². The molecule has 124 heavy (non-hydrogen) atoms. The largest absolute Gasteiger partial charge is 0.508 e. The van der Waals surface area contributed by atoms with Crippen molar-refractivity contribution in [3.05, 3.63) is 65.7 Å². The minimum atomic E-state index is -2.14. The lowest BCUT2D eigenvalue weighted by atomic mass is 9.99. The molecule has 46 heteroatoms. The van der Waals surface area contributed by atoms with E-state index >= 15 is 0 Å². The molecule has 17 amide bonds. The fraction of sp³-hybridized carbons (Fsp3) is 0.590. The van der Waals surface area contributed by atoms with Gasteiger partial charge in [-0.15, -0.1) is 0 Å². The second kappa shape index (κ2) is 51.9. The number of aliphatic carboxylic acids is 2. The summed E-state index contributed by atoms with van der Waals surface area (Å²) in [7, 11) is 0. The number of amides is 17. The van der Waals surface area contributed by atoms with Crippen molar-refractivity contribution in [1.82, 2.24) is 79.3 Å². The molecule has 1 heterocycles. The zero-order valence-corrected chi connectivity index (χ0v) is 70.5. The van der Waals surface area contributed by atoms with Gasteiger partial charge in [0, 0.05) is 38.8 Å². The quantitative estimate of drug-likeness (QED) is 0.0166. The Balaban J connectivity index is 1.86. The summed E-state index contributed by atoms with van der Waals surface area (Å²) < 4.78 is 0. The summed E-state index contributed by atoms with van der Waals surface area (Å²) >= 11 is 0. The number of carbonyl (C=O) groups excluding carboxylic acids is 17. The number of hydrogen-bond donors (Lipinski definition) is 26. The van der Waals surface area contributed by atoms with Crippen molar-refractivity contribution < 1.29 is 122 Å². The van der Waals surface area contributed by atoms with Crippen molar-refractivity contribution in [2.45, 2.75) is 255 Å². The van der Waals surface area contributed by atoms with Crippen LogP contribution in [0, 0.1) is 23.2 Å². The minimum absolute atomic E-state index is 0.0456. The fourth-order valence-electron chi connectivity index (χ4n) is 12.7. The highest BCUT2D eigenvalue weighted by molar-refractivity contribution is 6.02. The zero-order valence-electron chi connectivity index (χ0n) is 70.5. The highest BCUT2D eigenvalue weighted by atomic mass is 16.4. The van der Waals surface area contributed by atoms with E-state index in [1.807, 2.05) is 0 Å². The number of carboxylic acids is 2. The van der Waals surface area contributed by atoms with E-state index in [1.165, 1.54) is 38.1 Å². The monoisotopic (exact) mass is 1750 g/mol. The molecule has 17 atom stereocenters. The number of aliphatic hydroxyl groups excluding tert-OH is 3. The maximum atomic E-state index is 14.5. The highest BCUT2D eigenvalue weighted by Gasteiger charge is 2.43. The Morgan fingerprint density at radius 2 is 0.871 bits per heavy atom. The average Bonchev–Trinajstić information content (AvgIpc) is 1.67. The number of carboxylic acid groups (broad SMARTS) is 2. The molecule has 1 fully saturated rings. The van der Waals surface area contributed by atoms with Crippen molar-refractivity contribution >= 4 is 118 Å². The molecule has 46 nitrogen and oxygen atoms in total. The first-order valence-corrected chi connectivity index (χ1v) is 40.2. The summed E-state index contributed by atoms with van der Waals surface area (Å²) in [6.07, 6.45) is -10.7. The van der Waals surface area contributed by atoms with Gasteiger partial charge >= 0.3 is 11.9 Å². The third kappa shape index (κ3) is 36.9. The first-order chi connectivity index (χ1) is 58.0. The van der Waals surface area contributed by atoms with Gasteiger partial charge in [-0.2, -0.15) is 0 Å². The van der Waals surface area contributed by atoms with Crippen LogP contribution >= 0.6 is 0 Å². The average molecular weight is 1750 g/mol. The minimum Gasteiger partial charge on any atom is -0.508 e. The number of primary amides is 3. The maximum absolute atomic E-state index is 14.5. The Morgan fingerprint density at radius 1 is 0.444 bits per heavy atom. The van der Waals surface area contributed by atoms with Gasteiger partial charge < -0.3 is 139 Å². The van der Waals surface area contributed by atoms with Crippen molar-refractivity contribution in [2.75, 3.05) is 19.6 Å². The molecule has 0 bridgehead atoms. The Morgan fingerprint density at radius 3 is 1.37 bits per heavy atom. The van der Waals surface area contributed by atoms with Gasteiger partial charge in [-0.1, -0.05) is 84.0 Å². The van der Waals surface area contributed by atoms with Crippen LogP contribution in [0.25, 0.3) is 0 Å². The molecule has 2 aromatic rings. The van der Waals surface area contributed by atoms with Crippen molar-refractivity contribution in [3.8, 4) is 5.75 Å². The van der Waals surface area contributed by atoms with Gasteiger partial charge in [-0.25, -0.2) is 4.79 Å². The van der Waals surface area contributed by atoms with Crippen LogP contribution in [0.15, 0.2) is 54.6 Å². The topological polar surface area (TPSA) is 771 Å². The highest BCUT2D eigenvalue weighted by Crippen LogP contribution is 2.22. The van der Waals surface area contributed by atoms with Gasteiger partial charge in [0.25, 0.3) is 0 Å². The number of benzene rings is 2. The van der Waals surface area contributed by atoms with E-state index in [0.717, 1.165) is 31.2 Å².